The molecule has 1 unspecified atom stereocenters. The first-order valence-corrected chi connectivity index (χ1v) is 9.84. The van der Waals surface area contributed by atoms with Crippen LogP contribution in [0.1, 0.15) is 46.2 Å². The van der Waals surface area contributed by atoms with Crippen LogP contribution < -0.4 is 5.73 Å². The van der Waals surface area contributed by atoms with Crippen LogP contribution in [0.5, 0.6) is 0 Å². The van der Waals surface area contributed by atoms with Crippen LogP contribution in [-0.2, 0) is 4.74 Å². The van der Waals surface area contributed by atoms with Crippen molar-refractivity contribution in [1.82, 2.24) is 4.90 Å². The SMILES string of the molecule is CCOC(=O)c1ccc(-c2cccc(C(=O)N3CCCCC3CN)c2)s1. The maximum Gasteiger partial charge on any atom is 0.348 e. The molecule has 1 amide bonds. The van der Waals surface area contributed by atoms with Crippen molar-refractivity contribution in [3.8, 4) is 10.4 Å². The van der Waals surface area contributed by atoms with Crippen LogP contribution in [0.4, 0.5) is 0 Å². The van der Waals surface area contributed by atoms with Gasteiger partial charge in [0.15, 0.2) is 0 Å². The number of benzene rings is 1. The second kappa shape index (κ2) is 8.47. The monoisotopic (exact) mass is 372 g/mol. The number of nitrogens with two attached hydrogens (primary N) is 1. The highest BCUT2D eigenvalue weighted by atomic mass is 32.1. The second-order valence-electron chi connectivity index (χ2n) is 6.35. The highest BCUT2D eigenvalue weighted by Gasteiger charge is 2.26. The third-order valence-corrected chi connectivity index (χ3v) is 5.75. The van der Waals surface area contributed by atoms with Crippen LogP contribution in [0, 0.1) is 0 Å². The Morgan fingerprint density at radius 1 is 1.27 bits per heavy atom. The summed E-state index contributed by atoms with van der Waals surface area (Å²) >= 11 is 1.38. The van der Waals surface area contributed by atoms with E-state index in [0.29, 0.717) is 23.6 Å². The zero-order chi connectivity index (χ0) is 18.5. The number of carbonyl (C=O) groups is 2. The Balaban J connectivity index is 1.82. The first-order valence-electron chi connectivity index (χ1n) is 9.02. The first kappa shape index (κ1) is 18.6. The minimum absolute atomic E-state index is 0.0316. The normalized spacial score (nSPS) is 17.2. The molecule has 5 nitrogen and oxygen atoms in total. The molecule has 1 aromatic heterocycles. The fourth-order valence-electron chi connectivity index (χ4n) is 3.29. The summed E-state index contributed by atoms with van der Waals surface area (Å²) < 4.78 is 5.04. The Labute approximate surface area is 157 Å². The van der Waals surface area contributed by atoms with Crippen molar-refractivity contribution in [3.63, 3.8) is 0 Å². The lowest BCUT2D eigenvalue weighted by atomic mass is 10.00. The van der Waals surface area contributed by atoms with Crippen LogP contribution in [0.15, 0.2) is 36.4 Å². The molecule has 1 aromatic carbocycles. The third-order valence-electron chi connectivity index (χ3n) is 4.64. The predicted octanol–water partition coefficient (Wildman–Crippen LogP) is 3.55. The number of esters is 1. The van der Waals surface area contributed by atoms with Crippen LogP contribution >= 0.6 is 11.3 Å². The third kappa shape index (κ3) is 3.97. The highest BCUT2D eigenvalue weighted by Crippen LogP contribution is 2.30. The van der Waals surface area contributed by atoms with E-state index in [2.05, 4.69) is 0 Å². The topological polar surface area (TPSA) is 72.6 Å². The quantitative estimate of drug-likeness (QED) is 0.815. The molecule has 1 atom stereocenters. The van der Waals surface area contributed by atoms with Gasteiger partial charge in [-0.1, -0.05) is 12.1 Å². The number of ether oxygens (including phenoxy) is 1. The van der Waals surface area contributed by atoms with E-state index < -0.39 is 0 Å². The average molecular weight is 372 g/mol. The van der Waals surface area contributed by atoms with Gasteiger partial charge >= 0.3 is 5.97 Å². The van der Waals surface area contributed by atoms with Gasteiger partial charge in [0.25, 0.3) is 5.91 Å². The van der Waals surface area contributed by atoms with Crippen molar-refractivity contribution in [2.24, 2.45) is 5.73 Å². The van der Waals surface area contributed by atoms with Crippen LogP contribution in [0.25, 0.3) is 10.4 Å². The molecule has 3 rings (SSSR count). The smallest absolute Gasteiger partial charge is 0.348 e. The van der Waals surface area contributed by atoms with Crippen LogP contribution in [0.3, 0.4) is 0 Å². The molecule has 6 heteroatoms. The lowest BCUT2D eigenvalue weighted by Crippen LogP contribution is -2.47. The summed E-state index contributed by atoms with van der Waals surface area (Å²) in [6.07, 6.45) is 3.11. The molecule has 1 saturated heterocycles. The van der Waals surface area contributed by atoms with E-state index in [-0.39, 0.29) is 17.9 Å². The van der Waals surface area contributed by atoms with Gasteiger partial charge in [0, 0.05) is 29.6 Å². The molecule has 0 spiro atoms. The van der Waals surface area contributed by atoms with Gasteiger partial charge in [-0.05, 0) is 56.0 Å². The summed E-state index contributed by atoms with van der Waals surface area (Å²) in [5, 5.41) is 0. The Morgan fingerprint density at radius 3 is 2.88 bits per heavy atom. The van der Waals surface area contributed by atoms with Crippen molar-refractivity contribution >= 4 is 23.2 Å². The minimum atomic E-state index is -0.310. The average Bonchev–Trinajstić information content (AvgIpc) is 3.18. The van der Waals surface area contributed by atoms with E-state index >= 15 is 0 Å². The number of rotatable bonds is 5. The summed E-state index contributed by atoms with van der Waals surface area (Å²) in [6.45, 7) is 3.40. The predicted molar refractivity (Wildman–Crippen MR) is 103 cm³/mol. The van der Waals surface area contributed by atoms with Crippen molar-refractivity contribution in [2.75, 3.05) is 19.7 Å². The molecule has 0 bridgehead atoms. The van der Waals surface area contributed by atoms with Crippen molar-refractivity contribution in [2.45, 2.75) is 32.2 Å². The molecule has 1 aliphatic rings. The fourth-order valence-corrected chi connectivity index (χ4v) is 4.19. The molecule has 1 aliphatic heterocycles. The molecule has 26 heavy (non-hydrogen) atoms. The molecule has 2 heterocycles. The lowest BCUT2D eigenvalue weighted by molar-refractivity contribution is 0.0531. The number of piperidine rings is 1. The van der Waals surface area contributed by atoms with E-state index in [4.69, 9.17) is 10.5 Å². The molecule has 0 radical (unpaired) electrons. The molecule has 1 fully saturated rings. The molecule has 2 aromatic rings. The minimum Gasteiger partial charge on any atom is -0.462 e. The molecular weight excluding hydrogens is 348 g/mol. The van der Waals surface area contributed by atoms with E-state index in [9.17, 15) is 9.59 Å². The lowest BCUT2D eigenvalue weighted by Gasteiger charge is -2.35. The summed E-state index contributed by atoms with van der Waals surface area (Å²) in [5.41, 5.74) is 7.44. The number of hydrogen-bond acceptors (Lipinski definition) is 5. The van der Waals surface area contributed by atoms with E-state index in [0.717, 1.165) is 36.2 Å². The maximum atomic E-state index is 13.0. The van der Waals surface area contributed by atoms with Crippen molar-refractivity contribution < 1.29 is 14.3 Å². The number of hydrogen-bond donors (Lipinski definition) is 1. The molecular formula is C20H24N2O3S. The fraction of sp³-hybridized carbons (Fsp3) is 0.400. The summed E-state index contributed by atoms with van der Waals surface area (Å²) in [4.78, 5) is 28.2. The Morgan fingerprint density at radius 2 is 2.12 bits per heavy atom. The van der Waals surface area contributed by atoms with Gasteiger partial charge < -0.3 is 15.4 Å². The van der Waals surface area contributed by atoms with Gasteiger partial charge in [-0.3, -0.25) is 4.79 Å². The Kier molecular flexibility index (Phi) is 6.06. The van der Waals surface area contributed by atoms with Crippen molar-refractivity contribution in [3.05, 3.63) is 46.8 Å². The zero-order valence-electron chi connectivity index (χ0n) is 14.9. The van der Waals surface area contributed by atoms with E-state index in [1.807, 2.05) is 35.2 Å². The number of thiophene rings is 1. The standard InChI is InChI=1S/C20H24N2O3S/c1-2-25-20(24)18-10-9-17(26-18)14-6-5-7-15(12-14)19(23)22-11-4-3-8-16(22)13-21/h5-7,9-10,12,16H,2-4,8,11,13,21H2,1H3. The summed E-state index contributed by atoms with van der Waals surface area (Å²) in [5.74, 6) is -0.278. The Hall–Kier alpha value is -2.18. The van der Waals surface area contributed by atoms with Gasteiger partial charge in [0.2, 0.25) is 0 Å². The van der Waals surface area contributed by atoms with Gasteiger partial charge in [-0.15, -0.1) is 11.3 Å². The molecule has 0 saturated carbocycles. The number of carbonyl (C=O) groups excluding carboxylic acids is 2. The second-order valence-corrected chi connectivity index (χ2v) is 7.43. The maximum absolute atomic E-state index is 13.0. The number of likely N-dealkylation sites (tertiary alicyclic amines) is 1. The van der Waals surface area contributed by atoms with Gasteiger partial charge in [0.05, 0.1) is 6.61 Å². The van der Waals surface area contributed by atoms with E-state index in [1.54, 1.807) is 13.0 Å². The van der Waals surface area contributed by atoms with Crippen molar-refractivity contribution in [1.29, 1.82) is 0 Å². The highest BCUT2D eigenvalue weighted by molar-refractivity contribution is 7.17. The van der Waals surface area contributed by atoms with Gasteiger partial charge in [-0.2, -0.15) is 0 Å². The number of amides is 1. The number of nitrogens with zero attached hydrogens (tertiary/aromatic N) is 1. The molecule has 138 valence electrons. The van der Waals surface area contributed by atoms with Crippen LogP contribution in [0.2, 0.25) is 0 Å². The zero-order valence-corrected chi connectivity index (χ0v) is 15.8. The van der Waals surface area contributed by atoms with E-state index in [1.165, 1.54) is 11.3 Å². The first-order chi connectivity index (χ1) is 12.6. The molecule has 2 N–H and O–H groups in total. The van der Waals surface area contributed by atoms with Gasteiger partial charge in [0.1, 0.15) is 4.88 Å². The largest absolute Gasteiger partial charge is 0.462 e. The summed E-state index contributed by atoms with van der Waals surface area (Å²) in [6, 6.07) is 11.4. The van der Waals surface area contributed by atoms with Gasteiger partial charge in [-0.25, -0.2) is 4.79 Å². The molecule has 0 aliphatic carbocycles. The summed E-state index contributed by atoms with van der Waals surface area (Å²) in [7, 11) is 0. The Bertz CT molecular complexity index is 787. The van der Waals surface area contributed by atoms with Crippen LogP contribution in [-0.4, -0.2) is 42.5 Å².